The highest BCUT2D eigenvalue weighted by Gasteiger charge is 2.19. The molecule has 0 aliphatic rings. The molecule has 1 atom stereocenters. The number of rotatable bonds is 2. The van der Waals surface area contributed by atoms with Crippen LogP contribution in [-0.4, -0.2) is 32.7 Å². The van der Waals surface area contributed by atoms with Crippen LogP contribution >= 0.6 is 0 Å². The van der Waals surface area contributed by atoms with Gasteiger partial charge < -0.3 is 4.74 Å². The third-order valence-corrected chi connectivity index (χ3v) is 2.21. The van der Waals surface area contributed by atoms with Crippen molar-refractivity contribution in [3.05, 3.63) is 24.4 Å². The lowest BCUT2D eigenvalue weighted by Gasteiger charge is -2.09. The summed E-state index contributed by atoms with van der Waals surface area (Å²) in [6.45, 7) is 1.74. The van der Waals surface area contributed by atoms with Crippen molar-refractivity contribution in [2.45, 2.75) is 12.8 Å². The van der Waals surface area contributed by atoms with Gasteiger partial charge in [0.15, 0.2) is 5.65 Å². The largest absolute Gasteiger partial charge is 0.469 e. The number of ether oxygens (including phenoxy) is 1. The highest BCUT2D eigenvalue weighted by atomic mass is 16.5. The average molecular weight is 206 g/mol. The molecule has 0 bridgehead atoms. The van der Waals surface area contributed by atoms with E-state index in [9.17, 15) is 4.79 Å². The monoisotopic (exact) mass is 206 g/mol. The molecule has 0 aromatic carbocycles. The summed E-state index contributed by atoms with van der Waals surface area (Å²) < 4.78 is 6.24. The maximum absolute atomic E-state index is 11.4. The number of fused-ring (bicyclic) bond motifs is 1. The molecule has 0 saturated carbocycles. The van der Waals surface area contributed by atoms with E-state index in [2.05, 4.69) is 19.8 Å². The Bertz CT molecular complexity index is 494. The molecule has 0 spiro atoms. The molecule has 2 aromatic heterocycles. The van der Waals surface area contributed by atoms with E-state index in [0.29, 0.717) is 11.3 Å². The van der Waals surface area contributed by atoms with E-state index in [1.807, 2.05) is 0 Å². The first-order valence-electron chi connectivity index (χ1n) is 4.45. The van der Waals surface area contributed by atoms with E-state index >= 15 is 0 Å². The van der Waals surface area contributed by atoms with Crippen LogP contribution in [0, 0.1) is 0 Å². The van der Waals surface area contributed by atoms with Gasteiger partial charge in [0.1, 0.15) is 6.33 Å². The zero-order valence-electron chi connectivity index (χ0n) is 8.41. The molecule has 1 unspecified atom stereocenters. The van der Waals surface area contributed by atoms with Crippen molar-refractivity contribution in [1.82, 2.24) is 19.6 Å². The molecule has 0 amide bonds. The maximum atomic E-state index is 11.4. The first-order chi connectivity index (χ1) is 7.24. The predicted octanol–water partition coefficient (Wildman–Crippen LogP) is 0.401. The van der Waals surface area contributed by atoms with Gasteiger partial charge in [0.25, 0.3) is 0 Å². The summed E-state index contributed by atoms with van der Waals surface area (Å²) in [5, 5.41) is 4.01. The van der Waals surface area contributed by atoms with Gasteiger partial charge in [0.05, 0.1) is 24.9 Å². The zero-order valence-corrected chi connectivity index (χ0v) is 8.41. The van der Waals surface area contributed by atoms with Crippen molar-refractivity contribution in [3.8, 4) is 0 Å². The molecular weight excluding hydrogens is 196 g/mol. The lowest BCUT2D eigenvalue weighted by molar-refractivity contribution is -0.142. The molecule has 0 fully saturated rings. The Kier molecular flexibility index (Phi) is 2.32. The van der Waals surface area contributed by atoms with Crippen molar-refractivity contribution in [2.24, 2.45) is 0 Å². The fourth-order valence-corrected chi connectivity index (χ4v) is 1.37. The van der Waals surface area contributed by atoms with Crippen LogP contribution in [0.15, 0.2) is 18.7 Å². The second-order valence-electron chi connectivity index (χ2n) is 3.11. The van der Waals surface area contributed by atoms with E-state index in [-0.39, 0.29) is 5.97 Å². The van der Waals surface area contributed by atoms with Crippen LogP contribution in [0.2, 0.25) is 0 Å². The molecular formula is C9H10N4O2. The Labute approximate surface area is 85.9 Å². The van der Waals surface area contributed by atoms with E-state index in [1.54, 1.807) is 23.8 Å². The van der Waals surface area contributed by atoms with Gasteiger partial charge in [0.2, 0.25) is 0 Å². The minimum atomic E-state index is -0.409. The lowest BCUT2D eigenvalue weighted by Crippen LogP contribution is -2.15. The summed E-state index contributed by atoms with van der Waals surface area (Å²) in [7, 11) is 1.35. The van der Waals surface area contributed by atoms with Crippen LogP contribution in [0.25, 0.3) is 5.65 Å². The zero-order chi connectivity index (χ0) is 10.8. The fourth-order valence-electron chi connectivity index (χ4n) is 1.37. The number of hydrogen-bond acceptors (Lipinski definition) is 5. The topological polar surface area (TPSA) is 69.4 Å². The van der Waals surface area contributed by atoms with Gasteiger partial charge in [-0.2, -0.15) is 5.10 Å². The van der Waals surface area contributed by atoms with Crippen LogP contribution in [0.4, 0.5) is 0 Å². The van der Waals surface area contributed by atoms with Crippen molar-refractivity contribution < 1.29 is 9.53 Å². The van der Waals surface area contributed by atoms with Gasteiger partial charge in [-0.1, -0.05) is 0 Å². The summed E-state index contributed by atoms with van der Waals surface area (Å²) in [6.07, 6.45) is 4.59. The van der Waals surface area contributed by atoms with E-state index in [4.69, 9.17) is 0 Å². The van der Waals surface area contributed by atoms with Crippen molar-refractivity contribution in [2.75, 3.05) is 7.11 Å². The number of esters is 1. The quantitative estimate of drug-likeness (QED) is 0.665. The Morgan fingerprint density at radius 1 is 1.53 bits per heavy atom. The number of nitrogens with zero attached hydrogens (tertiary/aromatic N) is 4. The second-order valence-corrected chi connectivity index (χ2v) is 3.11. The Morgan fingerprint density at radius 3 is 3.07 bits per heavy atom. The first-order valence-corrected chi connectivity index (χ1v) is 4.45. The molecule has 6 nitrogen and oxygen atoms in total. The van der Waals surface area contributed by atoms with E-state index in [1.165, 1.54) is 13.4 Å². The summed E-state index contributed by atoms with van der Waals surface area (Å²) in [6, 6.07) is 0. The van der Waals surface area contributed by atoms with Crippen LogP contribution in [0.1, 0.15) is 18.5 Å². The van der Waals surface area contributed by atoms with Crippen LogP contribution in [0.3, 0.4) is 0 Å². The Morgan fingerprint density at radius 2 is 2.33 bits per heavy atom. The first kappa shape index (κ1) is 9.57. The smallest absolute Gasteiger partial charge is 0.314 e. The van der Waals surface area contributed by atoms with Gasteiger partial charge in [0, 0.05) is 6.20 Å². The normalized spacial score (nSPS) is 12.7. The number of methoxy groups -OCH3 is 1. The van der Waals surface area contributed by atoms with Gasteiger partial charge in [-0.05, 0) is 6.92 Å². The van der Waals surface area contributed by atoms with E-state index < -0.39 is 5.92 Å². The molecule has 0 saturated heterocycles. The van der Waals surface area contributed by atoms with Gasteiger partial charge in [-0.3, -0.25) is 9.78 Å². The van der Waals surface area contributed by atoms with Crippen LogP contribution in [0.5, 0.6) is 0 Å². The lowest BCUT2D eigenvalue weighted by atomic mass is 10.1. The standard InChI is InChI=1S/C9H10N4O2/c1-6(9(14)15-2)7-3-10-4-8-11-5-12-13(7)8/h3-6H,1-2H3. The highest BCUT2D eigenvalue weighted by Crippen LogP contribution is 2.15. The van der Waals surface area contributed by atoms with Gasteiger partial charge >= 0.3 is 5.97 Å². The second kappa shape index (κ2) is 3.64. The van der Waals surface area contributed by atoms with E-state index in [0.717, 1.165) is 0 Å². The predicted molar refractivity (Wildman–Crippen MR) is 51.2 cm³/mol. The molecule has 15 heavy (non-hydrogen) atoms. The number of carbonyl (C=O) groups is 1. The Balaban J connectivity index is 2.51. The molecule has 0 N–H and O–H groups in total. The molecule has 78 valence electrons. The minimum Gasteiger partial charge on any atom is -0.469 e. The molecule has 0 aliphatic carbocycles. The van der Waals surface area contributed by atoms with Gasteiger partial charge in [-0.25, -0.2) is 9.50 Å². The SMILES string of the molecule is COC(=O)C(C)c1cncc2ncnn12. The third-order valence-electron chi connectivity index (χ3n) is 2.21. The van der Waals surface area contributed by atoms with Gasteiger partial charge in [-0.15, -0.1) is 0 Å². The fraction of sp³-hybridized carbons (Fsp3) is 0.333. The van der Waals surface area contributed by atoms with Crippen molar-refractivity contribution in [1.29, 1.82) is 0 Å². The number of aromatic nitrogens is 4. The molecule has 2 heterocycles. The van der Waals surface area contributed by atoms with Crippen molar-refractivity contribution >= 4 is 11.6 Å². The Hall–Kier alpha value is -1.98. The molecule has 6 heteroatoms. The molecule has 0 aliphatic heterocycles. The molecule has 2 aromatic rings. The number of hydrogen-bond donors (Lipinski definition) is 0. The highest BCUT2D eigenvalue weighted by molar-refractivity contribution is 5.77. The summed E-state index contributed by atoms with van der Waals surface area (Å²) in [5.74, 6) is -0.729. The summed E-state index contributed by atoms with van der Waals surface area (Å²) in [4.78, 5) is 19.3. The minimum absolute atomic E-state index is 0.320. The maximum Gasteiger partial charge on any atom is 0.314 e. The summed E-state index contributed by atoms with van der Waals surface area (Å²) in [5.41, 5.74) is 1.28. The average Bonchev–Trinajstić information content (AvgIpc) is 2.74. The third kappa shape index (κ3) is 1.54. The number of carbonyl (C=O) groups excluding carboxylic acids is 1. The molecule has 2 rings (SSSR count). The van der Waals surface area contributed by atoms with Crippen molar-refractivity contribution in [3.63, 3.8) is 0 Å². The summed E-state index contributed by atoms with van der Waals surface area (Å²) >= 11 is 0. The molecule has 0 radical (unpaired) electrons. The van der Waals surface area contributed by atoms with Crippen LogP contribution < -0.4 is 0 Å². The van der Waals surface area contributed by atoms with Crippen LogP contribution in [-0.2, 0) is 9.53 Å².